The Kier molecular flexibility index (Phi) is 9.14. The van der Waals surface area contributed by atoms with Crippen LogP contribution in [0.5, 0.6) is 0 Å². The fraction of sp³-hybridized carbons (Fsp3) is 0.625. The van der Waals surface area contributed by atoms with Crippen LogP contribution < -0.4 is 56.7 Å². The molecule has 0 atom stereocenters. The number of nitrogens with one attached hydrogen (secondary N) is 1. The molecule has 0 fully saturated rings. The van der Waals surface area contributed by atoms with E-state index >= 15 is 0 Å². The summed E-state index contributed by atoms with van der Waals surface area (Å²) < 4.78 is 39.9. The molecule has 0 heterocycles. The normalized spacial score (nSPS) is 12.1. The van der Waals surface area contributed by atoms with Crippen molar-refractivity contribution in [2.24, 2.45) is 0 Å². The van der Waals surface area contributed by atoms with Crippen LogP contribution in [-0.2, 0) is 4.74 Å². The van der Waals surface area contributed by atoms with E-state index in [-0.39, 0.29) is 63.9 Å². The van der Waals surface area contributed by atoms with Crippen molar-refractivity contribution in [3.63, 3.8) is 0 Å². The van der Waals surface area contributed by atoms with Gasteiger partial charge in [-0.25, -0.2) is 4.79 Å². The van der Waals surface area contributed by atoms with Crippen molar-refractivity contribution < 1.29 is 73.9 Å². The van der Waals surface area contributed by atoms with Crippen LogP contribution in [0, 0.1) is 0 Å². The van der Waals surface area contributed by atoms with Gasteiger partial charge in [0.2, 0.25) is 0 Å². The number of hydrogen-bond donors (Lipinski definition) is 1. The summed E-state index contributed by atoms with van der Waals surface area (Å²) in [7, 11) is 0. The quantitative estimate of drug-likeness (QED) is 0.694. The monoisotopic (exact) mass is 263 g/mol. The van der Waals surface area contributed by atoms with Gasteiger partial charge in [-0.3, -0.25) is 0 Å². The van der Waals surface area contributed by atoms with Crippen LogP contribution in [0.4, 0.5) is 17.7 Å². The van der Waals surface area contributed by atoms with Crippen molar-refractivity contribution in [2.45, 2.75) is 26.4 Å². The van der Waals surface area contributed by atoms with E-state index < -0.39 is 18.7 Å². The van der Waals surface area contributed by atoms with E-state index in [1.165, 1.54) is 0 Å². The Balaban J connectivity index is 0. The number of amides is 1. The molecule has 0 bridgehead atoms. The second-order valence-electron chi connectivity index (χ2n) is 3.94. The van der Waals surface area contributed by atoms with Crippen LogP contribution in [0.25, 0.3) is 0 Å². The predicted molar refractivity (Wildman–Crippen MR) is 52.5 cm³/mol. The number of alkyl carbamates (subject to hydrolysis) is 1. The number of carbonyl (C=O) groups is 1. The third kappa shape index (κ3) is 14.5. The summed E-state index contributed by atoms with van der Waals surface area (Å²) in [5.41, 5.74) is -0.651. The molecule has 0 aromatic carbocycles. The maximum Gasteiger partial charge on any atom is 1.00 e. The predicted octanol–water partition coefficient (Wildman–Crippen LogP) is -0.542. The third-order valence-electron chi connectivity index (χ3n) is 1.12. The average molecular weight is 263 g/mol. The van der Waals surface area contributed by atoms with Gasteiger partial charge in [-0.2, -0.15) is 0 Å². The fourth-order valence-electron chi connectivity index (χ4n) is 0.679. The first kappa shape index (κ1) is 18.9. The Morgan fingerprint density at radius 2 is 1.88 bits per heavy atom. The van der Waals surface area contributed by atoms with Gasteiger partial charge in [0.15, 0.2) is 0 Å². The first-order valence-electron chi connectivity index (χ1n) is 4.45. The molecule has 0 saturated carbocycles. The van der Waals surface area contributed by atoms with E-state index in [9.17, 15) is 17.7 Å². The minimum Gasteiger partial charge on any atom is -0.445 e. The van der Waals surface area contributed by atoms with E-state index in [1.54, 1.807) is 20.8 Å². The fourth-order valence-corrected chi connectivity index (χ4v) is 0.679. The van der Waals surface area contributed by atoms with Gasteiger partial charge in [0, 0.05) is 6.54 Å². The van der Waals surface area contributed by atoms with E-state index in [4.69, 9.17) is 4.74 Å². The first-order valence-corrected chi connectivity index (χ1v) is 4.45. The zero-order valence-electron chi connectivity index (χ0n) is 9.89. The minimum absolute atomic E-state index is 0. The number of halogens is 3. The van der Waals surface area contributed by atoms with Crippen molar-refractivity contribution in [1.82, 2.24) is 5.32 Å². The van der Waals surface area contributed by atoms with Crippen LogP contribution in [-0.4, -0.2) is 25.2 Å². The van der Waals surface area contributed by atoms with E-state index in [1.807, 2.05) is 0 Å². The second kappa shape index (κ2) is 7.76. The Morgan fingerprint density at radius 1 is 1.38 bits per heavy atom. The molecule has 0 aliphatic carbocycles. The molecule has 0 spiro atoms. The Bertz CT molecular complexity index is 251. The van der Waals surface area contributed by atoms with Gasteiger partial charge in [0.1, 0.15) is 5.60 Å². The van der Waals surface area contributed by atoms with Crippen LogP contribution in [0.3, 0.4) is 0 Å². The van der Waals surface area contributed by atoms with Gasteiger partial charge < -0.3 is 23.0 Å². The molecule has 0 aliphatic heterocycles. The smallest absolute Gasteiger partial charge is 0.445 e. The van der Waals surface area contributed by atoms with Crippen molar-refractivity contribution in [1.29, 1.82) is 0 Å². The maximum absolute atomic E-state index is 11.7. The molecule has 0 unspecified atom stereocenters. The van der Waals surface area contributed by atoms with E-state index in [0.717, 1.165) is 6.08 Å². The molecule has 3 nitrogen and oxygen atoms in total. The number of ether oxygens (including phenoxy) is 1. The third-order valence-corrected chi connectivity index (χ3v) is 1.12. The standard InChI is InChI=1S/C8H14BF3NO2.K/c1-8(2,3)15-7(14)13-6-4-5-9(10,11)12;/h4-5H,6H2,1-3H3,(H,13,14);/q-1;+1/b5-4+;. The van der Waals surface area contributed by atoms with Crippen molar-refractivity contribution in [3.05, 3.63) is 12.1 Å². The van der Waals surface area contributed by atoms with Crippen LogP contribution in [0.1, 0.15) is 20.8 Å². The molecule has 0 saturated heterocycles. The molecular weight excluding hydrogens is 249 g/mol. The molecule has 1 N–H and O–H groups in total. The van der Waals surface area contributed by atoms with Crippen molar-refractivity contribution in [3.8, 4) is 0 Å². The summed E-state index contributed by atoms with van der Waals surface area (Å²) in [4.78, 5) is 10.9. The molecular formula is C8H14BF3KNO2. The van der Waals surface area contributed by atoms with Gasteiger partial charge >= 0.3 is 64.5 Å². The summed E-state index contributed by atoms with van der Waals surface area (Å²) >= 11 is 0. The average Bonchev–Trinajstić information content (AvgIpc) is 1.92. The molecule has 0 aliphatic rings. The zero-order chi connectivity index (χ0) is 12.1. The Hall–Kier alpha value is 0.501. The van der Waals surface area contributed by atoms with Crippen LogP contribution >= 0.6 is 0 Å². The minimum atomic E-state index is -4.94. The summed E-state index contributed by atoms with van der Waals surface area (Å²) in [6.07, 6.45) is 0.103. The molecule has 1 amide bonds. The Morgan fingerprint density at radius 3 is 2.25 bits per heavy atom. The largest absolute Gasteiger partial charge is 1.00 e. The van der Waals surface area contributed by atoms with Crippen molar-refractivity contribution >= 4 is 13.1 Å². The summed E-state index contributed by atoms with van der Waals surface area (Å²) in [5, 5.41) is 2.17. The molecule has 0 aromatic heterocycles. The summed E-state index contributed by atoms with van der Waals surface area (Å²) in [6, 6.07) is 0. The van der Waals surface area contributed by atoms with E-state index in [0.29, 0.717) is 0 Å². The molecule has 88 valence electrons. The van der Waals surface area contributed by atoms with Gasteiger partial charge in [0.05, 0.1) is 0 Å². The van der Waals surface area contributed by atoms with Gasteiger partial charge in [-0.15, -0.1) is 5.98 Å². The first-order chi connectivity index (χ1) is 6.60. The molecule has 16 heavy (non-hydrogen) atoms. The van der Waals surface area contributed by atoms with Gasteiger partial charge in [0.25, 0.3) is 0 Å². The number of carbonyl (C=O) groups excluding carboxylic acids is 1. The zero-order valence-corrected chi connectivity index (χ0v) is 13.0. The van der Waals surface area contributed by atoms with Crippen molar-refractivity contribution in [2.75, 3.05) is 6.54 Å². The molecule has 0 rings (SSSR count). The molecule has 0 aromatic rings. The van der Waals surface area contributed by atoms with Gasteiger partial charge in [-0.1, -0.05) is 6.08 Å². The number of hydrogen-bond acceptors (Lipinski definition) is 2. The maximum atomic E-state index is 11.7. The van der Waals surface area contributed by atoms with E-state index in [2.05, 4.69) is 5.32 Å². The second-order valence-corrected chi connectivity index (χ2v) is 3.94. The molecule has 8 heteroatoms. The Labute approximate surface area is 136 Å². The summed E-state index contributed by atoms with van der Waals surface area (Å²) in [6.45, 7) is -0.130. The van der Waals surface area contributed by atoms with Crippen LogP contribution in [0.2, 0.25) is 0 Å². The van der Waals surface area contributed by atoms with Crippen LogP contribution in [0.15, 0.2) is 12.1 Å². The number of rotatable bonds is 3. The topological polar surface area (TPSA) is 38.3 Å². The molecule has 0 radical (unpaired) electrons. The SMILES string of the molecule is CC(C)(C)OC(=O)NC/C=C/[B-](F)(F)F.[K+]. The summed E-state index contributed by atoms with van der Waals surface area (Å²) in [5.74, 6) is 0.122. The van der Waals surface area contributed by atoms with Gasteiger partial charge in [-0.05, 0) is 20.8 Å².